The second-order valence-corrected chi connectivity index (χ2v) is 14.5. The van der Waals surface area contributed by atoms with Crippen LogP contribution < -0.4 is 0 Å². The van der Waals surface area contributed by atoms with Gasteiger partial charge >= 0.3 is 11.9 Å². The van der Waals surface area contributed by atoms with Crippen LogP contribution in [0.4, 0.5) is 0 Å². The van der Waals surface area contributed by atoms with Gasteiger partial charge in [-0.3, -0.25) is 9.59 Å². The molecule has 0 saturated heterocycles. The van der Waals surface area contributed by atoms with Crippen LogP contribution in [0.5, 0.6) is 0 Å². The van der Waals surface area contributed by atoms with E-state index in [9.17, 15) is 9.59 Å². The fourth-order valence-electron chi connectivity index (χ4n) is 11.2. The fourth-order valence-corrected chi connectivity index (χ4v) is 11.2. The zero-order chi connectivity index (χ0) is 22.3. The Morgan fingerprint density at radius 3 is 2.03 bits per heavy atom. The van der Waals surface area contributed by atoms with Gasteiger partial charge < -0.3 is 9.47 Å². The summed E-state index contributed by atoms with van der Waals surface area (Å²) in [7, 11) is 0. The molecular weight excluding hydrogens is 412 g/mol. The van der Waals surface area contributed by atoms with E-state index in [0.717, 1.165) is 49.4 Å². The Morgan fingerprint density at radius 1 is 0.727 bits per heavy atom. The van der Waals surface area contributed by atoms with Crippen molar-refractivity contribution < 1.29 is 19.1 Å². The summed E-state index contributed by atoms with van der Waals surface area (Å²) in [6, 6.07) is 0. The van der Waals surface area contributed by atoms with E-state index in [1.54, 1.807) is 0 Å². The summed E-state index contributed by atoms with van der Waals surface area (Å²) in [6.07, 6.45) is 13.2. The molecule has 0 amide bonds. The third-order valence-corrected chi connectivity index (χ3v) is 12.9. The zero-order valence-corrected chi connectivity index (χ0v) is 20.3. The van der Waals surface area contributed by atoms with E-state index in [1.807, 2.05) is 0 Å². The van der Waals surface area contributed by atoms with Gasteiger partial charge in [0.05, 0.1) is 11.3 Å². The maximum atomic E-state index is 13.7. The van der Waals surface area contributed by atoms with Gasteiger partial charge in [0.1, 0.15) is 11.7 Å². The molecule has 4 nitrogen and oxygen atoms in total. The van der Waals surface area contributed by atoms with Gasteiger partial charge in [-0.05, 0) is 144 Å². The molecule has 0 aromatic carbocycles. The normalized spacial score (nSPS) is 57.9. The fraction of sp³-hybridized carbons (Fsp3) is 0.931. The molecule has 0 aliphatic heterocycles. The highest BCUT2D eigenvalue weighted by Gasteiger charge is 2.67. The number of carbonyl (C=O) groups is 2. The molecule has 180 valence electrons. The van der Waals surface area contributed by atoms with Crippen LogP contribution in [0.1, 0.15) is 84.5 Å². The topological polar surface area (TPSA) is 52.6 Å². The largest absolute Gasteiger partial charge is 0.462 e. The van der Waals surface area contributed by atoms with Crippen molar-refractivity contribution in [3.05, 3.63) is 0 Å². The van der Waals surface area contributed by atoms with Crippen LogP contribution in [-0.4, -0.2) is 23.6 Å². The standard InChI is InChI=1S/C29H40O4/c1-28(3-4-28)27(31)32-23-13-17-12-22(23)25-20-10-16(24(17)25)11-21(20)26(30)33-29(2)18-6-14-5-15(8-18)9-19(29)7-14/h14-25H,3-13H2,1-2H3. The van der Waals surface area contributed by atoms with Crippen LogP contribution in [0.2, 0.25) is 0 Å². The molecule has 8 unspecified atom stereocenters. The second-order valence-electron chi connectivity index (χ2n) is 14.5. The summed E-state index contributed by atoms with van der Waals surface area (Å²) < 4.78 is 12.7. The monoisotopic (exact) mass is 452 g/mol. The third-order valence-electron chi connectivity index (χ3n) is 12.9. The Kier molecular flexibility index (Phi) is 3.90. The molecule has 9 fully saturated rings. The van der Waals surface area contributed by atoms with E-state index in [1.165, 1.54) is 44.9 Å². The summed E-state index contributed by atoms with van der Waals surface area (Å²) in [5, 5.41) is 0. The number of esters is 2. The van der Waals surface area contributed by atoms with E-state index in [-0.39, 0.29) is 35.0 Å². The predicted octanol–water partition coefficient (Wildman–Crippen LogP) is 5.38. The average Bonchev–Trinajstić information content (AvgIpc) is 3.18. The molecule has 9 aliphatic carbocycles. The minimum Gasteiger partial charge on any atom is -0.462 e. The van der Waals surface area contributed by atoms with Gasteiger partial charge in [0.2, 0.25) is 0 Å². The number of hydrogen-bond acceptors (Lipinski definition) is 4. The first kappa shape index (κ1) is 20.2. The average molecular weight is 453 g/mol. The van der Waals surface area contributed by atoms with Crippen molar-refractivity contribution in [2.75, 3.05) is 0 Å². The summed E-state index contributed by atoms with van der Waals surface area (Å²) in [5.74, 6) is 7.04. The minimum atomic E-state index is -0.210. The van der Waals surface area contributed by atoms with Crippen LogP contribution in [0.15, 0.2) is 0 Å². The summed E-state index contributed by atoms with van der Waals surface area (Å²) >= 11 is 0. The molecule has 0 spiro atoms. The van der Waals surface area contributed by atoms with Gasteiger partial charge in [0.15, 0.2) is 0 Å². The van der Waals surface area contributed by atoms with Gasteiger partial charge in [-0.15, -0.1) is 0 Å². The number of carbonyl (C=O) groups excluding carboxylic acids is 2. The minimum absolute atomic E-state index is 0.0468. The van der Waals surface area contributed by atoms with Crippen molar-refractivity contribution in [3.63, 3.8) is 0 Å². The molecular formula is C29H40O4. The molecule has 4 heteroatoms. The molecule has 8 bridgehead atoms. The molecule has 9 rings (SSSR count). The molecule has 9 aliphatic rings. The molecule has 8 atom stereocenters. The van der Waals surface area contributed by atoms with E-state index in [0.29, 0.717) is 35.5 Å². The van der Waals surface area contributed by atoms with Crippen LogP contribution in [0.25, 0.3) is 0 Å². The molecule has 33 heavy (non-hydrogen) atoms. The molecule has 0 aromatic heterocycles. The van der Waals surface area contributed by atoms with Crippen molar-refractivity contribution in [1.82, 2.24) is 0 Å². The Balaban J connectivity index is 0.988. The highest BCUT2D eigenvalue weighted by molar-refractivity contribution is 5.79. The Morgan fingerprint density at radius 2 is 1.36 bits per heavy atom. The lowest BCUT2D eigenvalue weighted by Crippen LogP contribution is -2.58. The van der Waals surface area contributed by atoms with Crippen molar-refractivity contribution >= 4 is 11.9 Å². The Labute approximate surface area is 197 Å². The van der Waals surface area contributed by atoms with Gasteiger partial charge in [-0.2, -0.15) is 0 Å². The number of fused-ring (bicyclic) bond motifs is 9. The maximum absolute atomic E-state index is 13.7. The van der Waals surface area contributed by atoms with Crippen molar-refractivity contribution in [1.29, 1.82) is 0 Å². The quantitative estimate of drug-likeness (QED) is 0.424. The van der Waals surface area contributed by atoms with E-state index in [4.69, 9.17) is 9.47 Å². The van der Waals surface area contributed by atoms with Gasteiger partial charge in [-0.1, -0.05) is 0 Å². The lowest BCUT2D eigenvalue weighted by Gasteiger charge is -2.59. The predicted molar refractivity (Wildman–Crippen MR) is 122 cm³/mol. The second kappa shape index (κ2) is 6.38. The van der Waals surface area contributed by atoms with Crippen molar-refractivity contribution in [3.8, 4) is 0 Å². The lowest BCUT2D eigenvalue weighted by molar-refractivity contribution is -0.209. The first-order valence-electron chi connectivity index (χ1n) is 14.3. The smallest absolute Gasteiger partial charge is 0.312 e. The van der Waals surface area contributed by atoms with Gasteiger partial charge in [-0.25, -0.2) is 0 Å². The van der Waals surface area contributed by atoms with E-state index in [2.05, 4.69) is 13.8 Å². The Hall–Kier alpha value is -1.06. The molecule has 0 radical (unpaired) electrons. The molecule has 0 aromatic rings. The number of ether oxygens (including phenoxy) is 2. The highest BCUT2D eigenvalue weighted by atomic mass is 16.6. The first-order chi connectivity index (χ1) is 15.8. The van der Waals surface area contributed by atoms with Crippen molar-refractivity contribution in [2.45, 2.75) is 96.2 Å². The molecule has 0 heterocycles. The van der Waals surface area contributed by atoms with Crippen LogP contribution in [-0.2, 0) is 19.1 Å². The first-order valence-corrected chi connectivity index (χ1v) is 14.3. The number of rotatable bonds is 4. The van der Waals surface area contributed by atoms with Gasteiger partial charge in [0.25, 0.3) is 0 Å². The Bertz CT molecular complexity index is 875. The maximum Gasteiger partial charge on any atom is 0.312 e. The highest BCUT2D eigenvalue weighted by Crippen LogP contribution is 2.70. The van der Waals surface area contributed by atoms with Crippen LogP contribution in [0, 0.1) is 70.5 Å². The lowest BCUT2D eigenvalue weighted by atomic mass is 9.50. The van der Waals surface area contributed by atoms with Crippen LogP contribution >= 0.6 is 0 Å². The zero-order valence-electron chi connectivity index (χ0n) is 20.3. The SMILES string of the molecule is CC1(C(=O)OC2CC3CC2C2C4CC(CC4C(=O)OC4(C)C5CC6CC(C5)CC4C6)C32)CC1. The van der Waals surface area contributed by atoms with E-state index < -0.39 is 0 Å². The molecule has 9 saturated carbocycles. The molecule has 0 N–H and O–H groups in total. The van der Waals surface area contributed by atoms with Gasteiger partial charge in [0, 0.05) is 0 Å². The summed E-state index contributed by atoms with van der Waals surface area (Å²) in [5.41, 5.74) is -0.408. The van der Waals surface area contributed by atoms with Crippen molar-refractivity contribution in [2.24, 2.45) is 70.5 Å². The number of hydrogen-bond donors (Lipinski definition) is 0. The summed E-state index contributed by atoms with van der Waals surface area (Å²) in [4.78, 5) is 26.4. The van der Waals surface area contributed by atoms with Crippen LogP contribution in [0.3, 0.4) is 0 Å². The van der Waals surface area contributed by atoms with E-state index >= 15 is 0 Å². The summed E-state index contributed by atoms with van der Waals surface area (Å²) in [6.45, 7) is 4.35. The third kappa shape index (κ3) is 2.65.